The molecule has 0 fully saturated rings. The Morgan fingerprint density at radius 1 is 1.20 bits per heavy atom. The first kappa shape index (κ1) is 14.7. The first-order valence-corrected chi connectivity index (χ1v) is 6.08. The maximum atomic E-state index is 5.52. The van der Waals surface area contributed by atoms with Crippen molar-refractivity contribution in [3.63, 3.8) is 0 Å². The third-order valence-corrected chi connectivity index (χ3v) is 2.38. The van der Waals surface area contributed by atoms with Gasteiger partial charge in [0.15, 0.2) is 0 Å². The van der Waals surface area contributed by atoms with E-state index in [9.17, 15) is 0 Å². The van der Waals surface area contributed by atoms with Gasteiger partial charge in [0.1, 0.15) is 0 Å². The van der Waals surface area contributed by atoms with Crippen LogP contribution in [0.15, 0.2) is 12.7 Å². The minimum atomic E-state index is 0.566. The maximum Gasteiger partial charge on any atom is 0.0591 e. The van der Waals surface area contributed by atoms with E-state index in [4.69, 9.17) is 4.74 Å². The zero-order valence-corrected chi connectivity index (χ0v) is 10.6. The van der Waals surface area contributed by atoms with Crippen LogP contribution in [0.25, 0.3) is 0 Å². The summed E-state index contributed by atoms with van der Waals surface area (Å²) < 4.78 is 5.52. The van der Waals surface area contributed by atoms with Crippen molar-refractivity contribution in [3.8, 4) is 0 Å². The summed E-state index contributed by atoms with van der Waals surface area (Å²) in [4.78, 5) is 0. The number of ether oxygens (including phenoxy) is 1. The third-order valence-electron chi connectivity index (χ3n) is 2.38. The number of allylic oxidation sites excluding steroid dienone is 1. The molecule has 1 unspecified atom stereocenters. The molecule has 0 amide bonds. The first-order valence-electron chi connectivity index (χ1n) is 6.08. The molecule has 2 nitrogen and oxygen atoms in total. The molecular formula is C13H27NO. The quantitative estimate of drug-likeness (QED) is 0.445. The fraction of sp³-hybridized carbons (Fsp3) is 0.846. The molecule has 0 saturated carbocycles. The topological polar surface area (TPSA) is 21.3 Å². The van der Waals surface area contributed by atoms with E-state index in [1.54, 1.807) is 0 Å². The highest BCUT2D eigenvalue weighted by atomic mass is 16.5. The van der Waals surface area contributed by atoms with E-state index in [0.29, 0.717) is 6.04 Å². The SMILES string of the molecule is C=CCCC(C)NCCOCCC(C)C. The van der Waals surface area contributed by atoms with Gasteiger partial charge in [0.05, 0.1) is 6.61 Å². The van der Waals surface area contributed by atoms with Crippen LogP contribution in [-0.4, -0.2) is 25.8 Å². The largest absolute Gasteiger partial charge is 0.380 e. The summed E-state index contributed by atoms with van der Waals surface area (Å²) in [6.07, 6.45) is 5.38. The molecule has 0 rings (SSSR count). The van der Waals surface area contributed by atoms with Crippen LogP contribution in [0.3, 0.4) is 0 Å². The van der Waals surface area contributed by atoms with Crippen LogP contribution in [0, 0.1) is 5.92 Å². The highest BCUT2D eigenvalue weighted by Crippen LogP contribution is 1.99. The van der Waals surface area contributed by atoms with Gasteiger partial charge in [-0.1, -0.05) is 19.9 Å². The Morgan fingerprint density at radius 2 is 1.93 bits per heavy atom. The second-order valence-electron chi connectivity index (χ2n) is 4.52. The van der Waals surface area contributed by atoms with E-state index in [1.165, 1.54) is 0 Å². The molecule has 0 bridgehead atoms. The van der Waals surface area contributed by atoms with Crippen LogP contribution in [0.5, 0.6) is 0 Å². The van der Waals surface area contributed by atoms with E-state index >= 15 is 0 Å². The minimum Gasteiger partial charge on any atom is -0.380 e. The molecule has 0 radical (unpaired) electrons. The Morgan fingerprint density at radius 3 is 2.53 bits per heavy atom. The zero-order valence-electron chi connectivity index (χ0n) is 10.6. The average Bonchev–Trinajstić information content (AvgIpc) is 2.19. The van der Waals surface area contributed by atoms with Gasteiger partial charge < -0.3 is 10.1 Å². The summed E-state index contributed by atoms with van der Waals surface area (Å²) in [5.74, 6) is 0.740. The number of hydrogen-bond acceptors (Lipinski definition) is 2. The Kier molecular flexibility index (Phi) is 9.96. The molecule has 0 aromatic rings. The molecule has 2 heteroatoms. The number of rotatable bonds is 10. The van der Waals surface area contributed by atoms with Gasteiger partial charge in [-0.25, -0.2) is 0 Å². The summed E-state index contributed by atoms with van der Waals surface area (Å²) in [6.45, 7) is 13.0. The summed E-state index contributed by atoms with van der Waals surface area (Å²) >= 11 is 0. The number of nitrogens with one attached hydrogen (secondary N) is 1. The molecule has 0 aliphatic rings. The lowest BCUT2D eigenvalue weighted by molar-refractivity contribution is 0.123. The normalized spacial score (nSPS) is 13.1. The minimum absolute atomic E-state index is 0.566. The predicted molar refractivity (Wildman–Crippen MR) is 67.2 cm³/mol. The van der Waals surface area contributed by atoms with Crippen LogP contribution in [0.1, 0.15) is 40.0 Å². The Balaban J connectivity index is 3.12. The summed E-state index contributed by atoms with van der Waals surface area (Å²) in [6, 6.07) is 0.566. The Hall–Kier alpha value is -0.340. The molecule has 0 aromatic carbocycles. The molecule has 0 aromatic heterocycles. The highest BCUT2D eigenvalue weighted by molar-refractivity contribution is 4.70. The fourth-order valence-corrected chi connectivity index (χ4v) is 1.27. The zero-order chi connectivity index (χ0) is 11.5. The molecule has 15 heavy (non-hydrogen) atoms. The Bertz CT molecular complexity index is 145. The smallest absolute Gasteiger partial charge is 0.0591 e. The average molecular weight is 213 g/mol. The van der Waals surface area contributed by atoms with E-state index in [-0.39, 0.29) is 0 Å². The second kappa shape index (κ2) is 10.2. The molecule has 90 valence electrons. The van der Waals surface area contributed by atoms with E-state index in [1.807, 2.05) is 6.08 Å². The summed E-state index contributed by atoms with van der Waals surface area (Å²) in [5.41, 5.74) is 0. The standard InChI is InChI=1S/C13H27NO/c1-5-6-7-13(4)14-9-11-15-10-8-12(2)3/h5,12-14H,1,6-11H2,2-4H3. The molecule has 0 saturated heterocycles. The molecule has 0 aliphatic carbocycles. The van der Waals surface area contributed by atoms with Crippen LogP contribution < -0.4 is 5.32 Å². The van der Waals surface area contributed by atoms with Crippen LogP contribution in [0.4, 0.5) is 0 Å². The molecule has 1 atom stereocenters. The van der Waals surface area contributed by atoms with Crippen LogP contribution >= 0.6 is 0 Å². The van der Waals surface area contributed by atoms with Gasteiger partial charge in [-0.3, -0.25) is 0 Å². The molecule has 0 aliphatic heterocycles. The van der Waals surface area contributed by atoms with Gasteiger partial charge in [-0.15, -0.1) is 6.58 Å². The fourth-order valence-electron chi connectivity index (χ4n) is 1.27. The summed E-state index contributed by atoms with van der Waals surface area (Å²) in [5, 5.41) is 3.43. The predicted octanol–water partition coefficient (Wildman–Crippen LogP) is 2.99. The van der Waals surface area contributed by atoms with Crippen molar-refractivity contribution >= 4 is 0 Å². The van der Waals surface area contributed by atoms with Crippen molar-refractivity contribution in [2.24, 2.45) is 5.92 Å². The van der Waals surface area contributed by atoms with Gasteiger partial charge in [0.2, 0.25) is 0 Å². The van der Waals surface area contributed by atoms with Crippen molar-refractivity contribution in [2.45, 2.75) is 46.1 Å². The van der Waals surface area contributed by atoms with Crippen molar-refractivity contribution in [1.29, 1.82) is 0 Å². The van der Waals surface area contributed by atoms with E-state index < -0.39 is 0 Å². The van der Waals surface area contributed by atoms with Gasteiger partial charge in [-0.2, -0.15) is 0 Å². The Labute approximate surface area is 95.1 Å². The van der Waals surface area contributed by atoms with Crippen molar-refractivity contribution in [3.05, 3.63) is 12.7 Å². The van der Waals surface area contributed by atoms with Crippen molar-refractivity contribution in [1.82, 2.24) is 5.32 Å². The molecular weight excluding hydrogens is 186 g/mol. The monoisotopic (exact) mass is 213 g/mol. The van der Waals surface area contributed by atoms with Gasteiger partial charge in [-0.05, 0) is 32.1 Å². The van der Waals surface area contributed by atoms with Crippen LogP contribution in [-0.2, 0) is 4.74 Å². The second-order valence-corrected chi connectivity index (χ2v) is 4.52. The van der Waals surface area contributed by atoms with Crippen molar-refractivity contribution < 1.29 is 4.74 Å². The van der Waals surface area contributed by atoms with Crippen LogP contribution in [0.2, 0.25) is 0 Å². The maximum absolute atomic E-state index is 5.52. The number of hydrogen-bond donors (Lipinski definition) is 1. The third kappa shape index (κ3) is 11.6. The van der Waals surface area contributed by atoms with Gasteiger partial charge in [0.25, 0.3) is 0 Å². The summed E-state index contributed by atoms with van der Waals surface area (Å²) in [7, 11) is 0. The molecule has 0 spiro atoms. The lowest BCUT2D eigenvalue weighted by atomic mass is 10.1. The lowest BCUT2D eigenvalue weighted by Crippen LogP contribution is -2.29. The van der Waals surface area contributed by atoms with Gasteiger partial charge >= 0.3 is 0 Å². The van der Waals surface area contributed by atoms with E-state index in [0.717, 1.165) is 44.9 Å². The first-order chi connectivity index (χ1) is 7.16. The molecule has 0 heterocycles. The molecule has 1 N–H and O–H groups in total. The van der Waals surface area contributed by atoms with Crippen molar-refractivity contribution in [2.75, 3.05) is 19.8 Å². The van der Waals surface area contributed by atoms with E-state index in [2.05, 4.69) is 32.7 Å². The van der Waals surface area contributed by atoms with Gasteiger partial charge in [0, 0.05) is 19.2 Å². The highest BCUT2D eigenvalue weighted by Gasteiger charge is 1.99. The lowest BCUT2D eigenvalue weighted by Gasteiger charge is -2.13.